The van der Waals surface area contributed by atoms with Crippen molar-refractivity contribution in [2.75, 3.05) is 11.9 Å². The molecule has 4 aromatic rings. The summed E-state index contributed by atoms with van der Waals surface area (Å²) < 4.78 is 13.1. The largest absolute Gasteiger partial charge is 0.491 e. The fraction of sp³-hybridized carbons (Fsp3) is 0.273. The second-order valence-electron chi connectivity index (χ2n) is 7.06. The zero-order valence-electron chi connectivity index (χ0n) is 17.4. The van der Waals surface area contributed by atoms with Crippen LogP contribution >= 0.6 is 35.3 Å². The van der Waals surface area contributed by atoms with Crippen LogP contribution in [0.5, 0.6) is 5.75 Å². The van der Waals surface area contributed by atoms with Crippen molar-refractivity contribution in [3.63, 3.8) is 0 Å². The fourth-order valence-corrected chi connectivity index (χ4v) is 3.66. The van der Waals surface area contributed by atoms with E-state index in [1.54, 1.807) is 17.6 Å². The number of imidazole rings is 1. The van der Waals surface area contributed by atoms with Crippen LogP contribution in [0.15, 0.2) is 69.8 Å². The number of benzene rings is 1. The fourth-order valence-electron chi connectivity index (χ4n) is 2.94. The number of aromatic nitrogens is 2. The standard InChI is InChI=1S/C22H25N5O2S.HI/c1-16(2)29-20-7-5-17(6-8-20)25-21(23-10-9-19-4-3-12-28-19)24-14-18-15-27-11-13-30-22(27)26-18;/h3-8,11-13,15-16H,9-10,14H2,1-2H3,(H2,23,24,25);1H. The molecule has 0 spiro atoms. The van der Waals surface area contributed by atoms with Gasteiger partial charge in [-0.1, -0.05) is 0 Å². The van der Waals surface area contributed by atoms with Gasteiger partial charge in [-0.2, -0.15) is 0 Å². The van der Waals surface area contributed by atoms with Crippen LogP contribution in [0.4, 0.5) is 5.69 Å². The topological polar surface area (TPSA) is 76.1 Å². The number of halogens is 1. The molecular formula is C22H26IN5O2S. The first-order valence-electron chi connectivity index (χ1n) is 9.91. The van der Waals surface area contributed by atoms with Gasteiger partial charge in [0, 0.05) is 36.4 Å². The van der Waals surface area contributed by atoms with Gasteiger partial charge < -0.3 is 19.8 Å². The van der Waals surface area contributed by atoms with Gasteiger partial charge in [0.25, 0.3) is 0 Å². The molecule has 0 radical (unpaired) electrons. The highest BCUT2D eigenvalue weighted by Crippen LogP contribution is 2.17. The molecule has 0 aliphatic heterocycles. The van der Waals surface area contributed by atoms with Crippen molar-refractivity contribution < 1.29 is 9.15 Å². The first kappa shape index (κ1) is 23.1. The third-order valence-corrected chi connectivity index (χ3v) is 5.05. The van der Waals surface area contributed by atoms with Crippen LogP contribution < -0.4 is 15.4 Å². The first-order chi connectivity index (χ1) is 14.7. The van der Waals surface area contributed by atoms with Gasteiger partial charge in [0.05, 0.1) is 24.6 Å². The molecule has 0 bridgehead atoms. The molecule has 31 heavy (non-hydrogen) atoms. The SMILES string of the molecule is CC(C)Oc1ccc(NC(=NCc2cn3ccsc3n2)NCCc2ccco2)cc1.I. The summed E-state index contributed by atoms with van der Waals surface area (Å²) in [5, 5.41) is 8.74. The minimum Gasteiger partial charge on any atom is -0.491 e. The summed E-state index contributed by atoms with van der Waals surface area (Å²) in [6.45, 7) is 5.21. The molecule has 0 aliphatic carbocycles. The van der Waals surface area contributed by atoms with E-state index in [1.807, 2.05) is 72.4 Å². The maximum Gasteiger partial charge on any atom is 0.196 e. The van der Waals surface area contributed by atoms with E-state index in [0.29, 0.717) is 19.0 Å². The Morgan fingerprint density at radius 3 is 2.81 bits per heavy atom. The van der Waals surface area contributed by atoms with Gasteiger partial charge in [-0.3, -0.25) is 4.40 Å². The quantitative estimate of drug-likeness (QED) is 0.179. The highest BCUT2D eigenvalue weighted by atomic mass is 127. The van der Waals surface area contributed by atoms with Gasteiger partial charge in [-0.25, -0.2) is 9.98 Å². The van der Waals surface area contributed by atoms with E-state index in [9.17, 15) is 0 Å². The number of anilines is 1. The normalized spacial score (nSPS) is 11.5. The molecule has 2 N–H and O–H groups in total. The van der Waals surface area contributed by atoms with E-state index in [-0.39, 0.29) is 30.1 Å². The lowest BCUT2D eigenvalue weighted by atomic mass is 10.3. The van der Waals surface area contributed by atoms with Gasteiger partial charge >= 0.3 is 0 Å². The lowest BCUT2D eigenvalue weighted by Gasteiger charge is -2.14. The predicted molar refractivity (Wildman–Crippen MR) is 136 cm³/mol. The number of nitrogens with one attached hydrogen (secondary N) is 2. The zero-order chi connectivity index (χ0) is 20.8. The number of hydrogen-bond donors (Lipinski definition) is 2. The number of hydrogen-bond acceptors (Lipinski definition) is 5. The van der Waals surface area contributed by atoms with Crippen molar-refractivity contribution in [3.8, 4) is 5.75 Å². The Hall–Kier alpha value is -2.53. The molecule has 0 aliphatic rings. The molecule has 0 fully saturated rings. The summed E-state index contributed by atoms with van der Waals surface area (Å²) >= 11 is 1.61. The molecule has 0 unspecified atom stereocenters. The third kappa shape index (κ3) is 6.73. The molecule has 0 saturated heterocycles. The molecular weight excluding hydrogens is 525 g/mol. The Labute approximate surface area is 202 Å². The maximum absolute atomic E-state index is 5.71. The van der Waals surface area contributed by atoms with Crippen LogP contribution in [0.3, 0.4) is 0 Å². The van der Waals surface area contributed by atoms with Crippen LogP contribution in [0.25, 0.3) is 4.96 Å². The Balaban J connectivity index is 0.00000272. The molecule has 7 nitrogen and oxygen atoms in total. The van der Waals surface area contributed by atoms with Crippen molar-refractivity contribution >= 4 is 51.9 Å². The molecule has 0 saturated carbocycles. The van der Waals surface area contributed by atoms with Gasteiger partial charge in [0.15, 0.2) is 10.9 Å². The highest BCUT2D eigenvalue weighted by molar-refractivity contribution is 14.0. The smallest absolute Gasteiger partial charge is 0.196 e. The molecule has 0 atom stereocenters. The summed E-state index contributed by atoms with van der Waals surface area (Å²) in [7, 11) is 0. The number of furan rings is 1. The van der Waals surface area contributed by atoms with Gasteiger partial charge in [-0.15, -0.1) is 35.3 Å². The summed E-state index contributed by atoms with van der Waals surface area (Å²) in [4.78, 5) is 10.3. The van der Waals surface area contributed by atoms with E-state index in [4.69, 9.17) is 14.1 Å². The number of nitrogens with zero attached hydrogens (tertiary/aromatic N) is 3. The first-order valence-corrected chi connectivity index (χ1v) is 10.8. The van der Waals surface area contributed by atoms with Crippen molar-refractivity contribution in [2.24, 2.45) is 4.99 Å². The number of thiazole rings is 1. The van der Waals surface area contributed by atoms with E-state index < -0.39 is 0 Å². The van der Waals surface area contributed by atoms with Crippen molar-refractivity contribution in [2.45, 2.75) is 32.9 Å². The average molecular weight is 551 g/mol. The summed E-state index contributed by atoms with van der Waals surface area (Å²) in [6.07, 6.45) is 6.62. The number of aliphatic imine (C=N–C) groups is 1. The Bertz CT molecular complexity index is 1060. The van der Waals surface area contributed by atoms with E-state index in [2.05, 4.69) is 15.6 Å². The second kappa shape index (κ2) is 11.2. The van der Waals surface area contributed by atoms with E-state index in [0.717, 1.165) is 34.3 Å². The summed E-state index contributed by atoms with van der Waals surface area (Å²) in [5.74, 6) is 2.47. The molecule has 164 valence electrons. The highest BCUT2D eigenvalue weighted by Gasteiger charge is 2.06. The molecule has 4 rings (SSSR count). The van der Waals surface area contributed by atoms with Crippen LogP contribution in [0.1, 0.15) is 25.3 Å². The lowest BCUT2D eigenvalue weighted by Crippen LogP contribution is -2.32. The Kier molecular flexibility index (Phi) is 8.35. The third-order valence-electron chi connectivity index (χ3n) is 4.28. The van der Waals surface area contributed by atoms with Crippen molar-refractivity contribution in [1.82, 2.24) is 14.7 Å². The molecule has 0 amide bonds. The van der Waals surface area contributed by atoms with Gasteiger partial charge in [0.1, 0.15) is 11.5 Å². The van der Waals surface area contributed by atoms with Crippen LogP contribution in [0, 0.1) is 0 Å². The number of ether oxygens (including phenoxy) is 1. The van der Waals surface area contributed by atoms with Gasteiger partial charge in [-0.05, 0) is 50.2 Å². The minimum absolute atomic E-state index is 0. The van der Waals surface area contributed by atoms with Crippen molar-refractivity contribution in [1.29, 1.82) is 0 Å². The number of guanidine groups is 1. The zero-order valence-corrected chi connectivity index (χ0v) is 20.6. The summed E-state index contributed by atoms with van der Waals surface area (Å²) in [5.41, 5.74) is 1.86. The second-order valence-corrected chi connectivity index (χ2v) is 7.94. The predicted octanol–water partition coefficient (Wildman–Crippen LogP) is 5.19. The van der Waals surface area contributed by atoms with E-state index in [1.165, 1.54) is 0 Å². The Morgan fingerprint density at radius 1 is 1.26 bits per heavy atom. The average Bonchev–Trinajstić information content (AvgIpc) is 3.45. The molecule has 3 heterocycles. The van der Waals surface area contributed by atoms with E-state index >= 15 is 0 Å². The number of rotatable bonds is 8. The van der Waals surface area contributed by atoms with Crippen LogP contribution in [-0.2, 0) is 13.0 Å². The molecule has 9 heteroatoms. The van der Waals surface area contributed by atoms with Crippen molar-refractivity contribution in [3.05, 3.63) is 71.9 Å². The number of fused-ring (bicyclic) bond motifs is 1. The molecule has 3 aromatic heterocycles. The maximum atomic E-state index is 5.71. The Morgan fingerprint density at radius 2 is 2.10 bits per heavy atom. The lowest BCUT2D eigenvalue weighted by molar-refractivity contribution is 0.242. The van der Waals surface area contributed by atoms with Crippen LogP contribution in [-0.4, -0.2) is 28.0 Å². The van der Waals surface area contributed by atoms with Crippen LogP contribution in [0.2, 0.25) is 0 Å². The molecule has 1 aromatic carbocycles. The monoisotopic (exact) mass is 551 g/mol. The van der Waals surface area contributed by atoms with Gasteiger partial charge in [0.2, 0.25) is 0 Å². The minimum atomic E-state index is 0. The summed E-state index contributed by atoms with van der Waals surface area (Å²) in [6, 6.07) is 11.7.